The lowest BCUT2D eigenvalue weighted by Crippen LogP contribution is -2.50. The Morgan fingerprint density at radius 1 is 1.22 bits per heavy atom. The van der Waals surface area contributed by atoms with Gasteiger partial charge in [0.25, 0.3) is 0 Å². The number of rotatable bonds is 2. The fourth-order valence-electron chi connectivity index (χ4n) is 4.24. The molecule has 1 aliphatic heterocycles. The minimum Gasteiger partial charge on any atom is -0.413 e. The number of Topliss-reactive ketones (excluding diaryl/α,β-unsaturated/α-hetero) is 1. The Hall–Kier alpha value is -0.233. The topological polar surface area (TPSA) is 44.8 Å². The Bertz CT molecular complexity index is 508. The van der Waals surface area contributed by atoms with E-state index in [-0.39, 0.29) is 28.4 Å². The highest BCUT2D eigenvalue weighted by Crippen LogP contribution is 2.57. The summed E-state index contributed by atoms with van der Waals surface area (Å²) in [5.41, 5.74) is -0.176. The zero-order valence-electron chi connectivity index (χ0n) is 15.7. The molecule has 1 saturated heterocycles. The minimum absolute atomic E-state index is 0.125. The zero-order chi connectivity index (χ0) is 17.3. The van der Waals surface area contributed by atoms with Gasteiger partial charge in [0.2, 0.25) is 0 Å². The lowest BCUT2D eigenvalue weighted by Gasteiger charge is -2.44. The lowest BCUT2D eigenvalue weighted by atomic mass is 9.80. The van der Waals surface area contributed by atoms with E-state index in [9.17, 15) is 4.79 Å². The van der Waals surface area contributed by atoms with Gasteiger partial charge in [-0.15, -0.1) is 0 Å². The molecule has 0 aromatic heterocycles. The molecule has 0 radical (unpaired) electrons. The molecule has 0 aromatic rings. The summed E-state index contributed by atoms with van der Waals surface area (Å²) in [4.78, 5) is 12.6. The smallest absolute Gasteiger partial charge is 0.192 e. The standard InChI is InChI=1S/C18H32O4Si/c1-16(2,3)23(6,7)22-13-9-8-10-18(13)11-12(19)14-15(18)21-17(4,5)20-14/h13-15H,8-11H2,1-7H3/t13-,14?,15?,18+/m0/s1. The Morgan fingerprint density at radius 2 is 1.87 bits per heavy atom. The van der Waals surface area contributed by atoms with Gasteiger partial charge in [0.1, 0.15) is 12.2 Å². The molecule has 0 amide bonds. The number of fused-ring (bicyclic) bond motifs is 2. The molecule has 132 valence electrons. The van der Waals surface area contributed by atoms with E-state index in [1.54, 1.807) is 0 Å². The van der Waals surface area contributed by atoms with Crippen molar-refractivity contribution in [2.45, 2.75) is 103 Å². The van der Waals surface area contributed by atoms with Gasteiger partial charge >= 0.3 is 0 Å². The predicted molar refractivity (Wildman–Crippen MR) is 91.8 cm³/mol. The Balaban J connectivity index is 1.88. The SMILES string of the molecule is CC1(C)OC2C(=O)C[C@@]3(CCC[C@@H]3O[Si](C)(C)C(C)(C)C)C2O1. The molecule has 3 rings (SSSR count). The Kier molecular flexibility index (Phi) is 3.92. The number of carbonyl (C=O) groups is 1. The van der Waals surface area contributed by atoms with Crippen molar-refractivity contribution in [1.29, 1.82) is 0 Å². The van der Waals surface area contributed by atoms with E-state index in [1.807, 2.05) is 13.8 Å². The number of ether oxygens (including phenoxy) is 2. The average molecular weight is 341 g/mol. The van der Waals surface area contributed by atoms with Crippen LogP contribution in [0, 0.1) is 5.41 Å². The summed E-state index contributed by atoms with van der Waals surface area (Å²) in [5.74, 6) is -0.464. The van der Waals surface area contributed by atoms with Gasteiger partial charge in [-0.2, -0.15) is 0 Å². The van der Waals surface area contributed by atoms with Crippen molar-refractivity contribution in [1.82, 2.24) is 0 Å². The van der Waals surface area contributed by atoms with Crippen LogP contribution in [0.5, 0.6) is 0 Å². The van der Waals surface area contributed by atoms with Crippen LogP contribution in [-0.4, -0.2) is 38.2 Å². The fourth-order valence-corrected chi connectivity index (χ4v) is 5.66. The molecular weight excluding hydrogens is 308 g/mol. The molecule has 3 aliphatic rings. The molecule has 0 aromatic carbocycles. The quantitative estimate of drug-likeness (QED) is 0.712. The predicted octanol–water partition coefficient (Wildman–Crippen LogP) is 4.04. The first kappa shape index (κ1) is 17.6. The number of hydrogen-bond acceptors (Lipinski definition) is 4. The van der Waals surface area contributed by atoms with Crippen LogP contribution in [0.15, 0.2) is 0 Å². The van der Waals surface area contributed by atoms with Crippen molar-refractivity contribution in [2.24, 2.45) is 5.41 Å². The third-order valence-corrected chi connectivity index (χ3v) is 11.0. The van der Waals surface area contributed by atoms with Crippen molar-refractivity contribution in [3.63, 3.8) is 0 Å². The molecule has 5 heteroatoms. The highest BCUT2D eigenvalue weighted by atomic mass is 28.4. The second-order valence-electron chi connectivity index (χ2n) is 9.61. The second kappa shape index (κ2) is 5.13. The summed E-state index contributed by atoms with van der Waals surface area (Å²) in [7, 11) is -1.87. The van der Waals surface area contributed by atoms with Gasteiger partial charge in [0.05, 0.1) is 6.10 Å². The molecule has 23 heavy (non-hydrogen) atoms. The second-order valence-corrected chi connectivity index (χ2v) is 14.4. The van der Waals surface area contributed by atoms with Crippen molar-refractivity contribution < 1.29 is 18.7 Å². The highest BCUT2D eigenvalue weighted by molar-refractivity contribution is 6.74. The lowest BCUT2D eigenvalue weighted by molar-refractivity contribution is -0.175. The molecule has 1 heterocycles. The van der Waals surface area contributed by atoms with E-state index in [0.29, 0.717) is 6.42 Å². The molecule has 3 fully saturated rings. The summed E-state index contributed by atoms with van der Waals surface area (Å²) in [6.07, 6.45) is 3.30. The van der Waals surface area contributed by atoms with Gasteiger partial charge < -0.3 is 13.9 Å². The maximum atomic E-state index is 12.6. The average Bonchev–Trinajstić information content (AvgIpc) is 2.96. The largest absolute Gasteiger partial charge is 0.413 e. The Morgan fingerprint density at radius 3 is 2.48 bits per heavy atom. The van der Waals surface area contributed by atoms with Crippen LogP contribution in [0.4, 0.5) is 0 Å². The maximum Gasteiger partial charge on any atom is 0.192 e. The zero-order valence-corrected chi connectivity index (χ0v) is 16.7. The maximum absolute atomic E-state index is 12.6. The molecule has 4 atom stereocenters. The van der Waals surface area contributed by atoms with Crippen LogP contribution in [0.1, 0.15) is 60.3 Å². The van der Waals surface area contributed by atoms with Crippen LogP contribution in [-0.2, 0) is 18.7 Å². The summed E-state index contributed by atoms with van der Waals surface area (Å²) in [6, 6.07) is 0. The van der Waals surface area contributed by atoms with Crippen molar-refractivity contribution in [3.05, 3.63) is 0 Å². The summed E-state index contributed by atoms with van der Waals surface area (Å²) in [5, 5.41) is 0.172. The van der Waals surface area contributed by atoms with Crippen molar-refractivity contribution in [3.8, 4) is 0 Å². The first-order valence-electron chi connectivity index (χ1n) is 8.94. The summed E-state index contributed by atoms with van der Waals surface area (Å²) >= 11 is 0. The first-order chi connectivity index (χ1) is 10.4. The number of carbonyl (C=O) groups excluding carboxylic acids is 1. The first-order valence-corrected chi connectivity index (χ1v) is 11.9. The molecule has 2 saturated carbocycles. The molecule has 0 bridgehead atoms. The van der Waals surface area contributed by atoms with Crippen molar-refractivity contribution in [2.75, 3.05) is 0 Å². The van der Waals surface area contributed by atoms with Gasteiger partial charge in [0.15, 0.2) is 19.9 Å². The van der Waals surface area contributed by atoms with Gasteiger partial charge in [-0.3, -0.25) is 4.79 Å². The van der Waals surface area contributed by atoms with E-state index < -0.39 is 20.2 Å². The molecule has 2 unspecified atom stereocenters. The van der Waals surface area contributed by atoms with Gasteiger partial charge in [0, 0.05) is 11.8 Å². The monoisotopic (exact) mass is 340 g/mol. The third-order valence-electron chi connectivity index (χ3n) is 6.48. The number of hydrogen-bond donors (Lipinski definition) is 0. The summed E-state index contributed by atoms with van der Waals surface area (Å²) < 4.78 is 18.9. The minimum atomic E-state index is -1.87. The third kappa shape index (κ3) is 2.73. The fraction of sp³-hybridized carbons (Fsp3) is 0.944. The molecule has 1 spiro atoms. The number of ketones is 1. The van der Waals surface area contributed by atoms with E-state index in [0.717, 1.165) is 19.3 Å². The summed E-state index contributed by atoms with van der Waals surface area (Å²) in [6.45, 7) is 15.2. The van der Waals surface area contributed by atoms with Crippen LogP contribution < -0.4 is 0 Å². The van der Waals surface area contributed by atoms with Crippen LogP contribution in [0.2, 0.25) is 18.1 Å². The van der Waals surface area contributed by atoms with Gasteiger partial charge in [-0.1, -0.05) is 27.2 Å². The molecule has 4 nitrogen and oxygen atoms in total. The molecule has 2 aliphatic carbocycles. The van der Waals surface area contributed by atoms with E-state index >= 15 is 0 Å². The van der Waals surface area contributed by atoms with E-state index in [2.05, 4.69) is 33.9 Å². The van der Waals surface area contributed by atoms with Gasteiger partial charge in [-0.25, -0.2) is 0 Å². The van der Waals surface area contributed by atoms with Crippen LogP contribution in [0.25, 0.3) is 0 Å². The van der Waals surface area contributed by atoms with E-state index in [1.165, 1.54) is 0 Å². The molecule has 0 N–H and O–H groups in total. The normalized spacial score (nSPS) is 40.1. The van der Waals surface area contributed by atoms with Crippen LogP contribution in [0.3, 0.4) is 0 Å². The highest BCUT2D eigenvalue weighted by Gasteiger charge is 2.66. The Labute approximate surface area is 141 Å². The van der Waals surface area contributed by atoms with Crippen molar-refractivity contribution >= 4 is 14.1 Å². The van der Waals surface area contributed by atoms with Crippen LogP contribution >= 0.6 is 0 Å². The van der Waals surface area contributed by atoms with E-state index in [4.69, 9.17) is 13.9 Å². The van der Waals surface area contributed by atoms with Gasteiger partial charge in [-0.05, 0) is 44.8 Å². The molecular formula is C18H32O4Si.